The lowest BCUT2D eigenvalue weighted by Gasteiger charge is -2.28. The number of nitrogens with one attached hydrogen (secondary N) is 1. The lowest BCUT2D eigenvalue weighted by Crippen LogP contribution is -2.51. The molecular formula is C27H28Cl2N6O3. The van der Waals surface area contributed by atoms with Crippen molar-refractivity contribution in [2.75, 3.05) is 0 Å². The van der Waals surface area contributed by atoms with Crippen LogP contribution in [-0.4, -0.2) is 64.7 Å². The molecule has 2 amide bonds. The summed E-state index contributed by atoms with van der Waals surface area (Å²) < 4.78 is 0.776. The summed E-state index contributed by atoms with van der Waals surface area (Å²) in [4.78, 5) is 49.4. The van der Waals surface area contributed by atoms with Gasteiger partial charge in [-0.05, 0) is 56.7 Å². The highest BCUT2D eigenvalue weighted by atomic mass is 35.5. The van der Waals surface area contributed by atoms with Gasteiger partial charge in [0.25, 0.3) is 0 Å². The number of rotatable bonds is 7. The van der Waals surface area contributed by atoms with Crippen LogP contribution in [0.3, 0.4) is 0 Å². The SMILES string of the molecule is CC(=O)c1nn(CC(=O)N2C3C[C@@H]3C[C@H]2C(=O)N[C@H](C)[C@H]2CC2(Cl)Cl)c2ccc(-c3cnc(C)nc3)cc12. The standard InChI is InChI=1S/C27H28Cl2N6O3/c1-13(20-9-27(20,28)29)32-26(38)23-8-17-7-22(17)35(23)24(37)12-34-21-5-4-16(18-10-30-15(3)31-11-18)6-19(21)25(33-34)14(2)36/h4-6,10-11,13,17,20,22-23H,7-9,12H2,1-3H3,(H,32,38)/t13-,17-,20-,22?,23+/m1/s1. The van der Waals surface area contributed by atoms with Crippen LogP contribution in [0.15, 0.2) is 30.6 Å². The van der Waals surface area contributed by atoms with Gasteiger partial charge in [-0.3, -0.25) is 19.1 Å². The number of fused-ring (bicyclic) bond motifs is 2. The van der Waals surface area contributed by atoms with Crippen molar-refractivity contribution >= 4 is 51.7 Å². The highest BCUT2D eigenvalue weighted by Crippen LogP contribution is 2.55. The van der Waals surface area contributed by atoms with Gasteiger partial charge in [-0.15, -0.1) is 23.2 Å². The largest absolute Gasteiger partial charge is 0.351 e. The van der Waals surface area contributed by atoms with E-state index in [2.05, 4.69) is 20.4 Å². The van der Waals surface area contributed by atoms with Crippen molar-refractivity contribution in [1.29, 1.82) is 0 Å². The van der Waals surface area contributed by atoms with Gasteiger partial charge in [0, 0.05) is 48.3 Å². The summed E-state index contributed by atoms with van der Waals surface area (Å²) in [6.07, 6.45) is 5.66. The van der Waals surface area contributed by atoms with Gasteiger partial charge in [-0.25, -0.2) is 9.97 Å². The molecule has 9 nitrogen and oxygen atoms in total. The zero-order valence-corrected chi connectivity index (χ0v) is 22.8. The third kappa shape index (κ3) is 4.45. The number of hydrogen-bond acceptors (Lipinski definition) is 6. The molecule has 38 heavy (non-hydrogen) atoms. The van der Waals surface area contributed by atoms with Crippen molar-refractivity contribution in [3.05, 3.63) is 42.1 Å². The maximum absolute atomic E-state index is 13.6. The van der Waals surface area contributed by atoms with E-state index in [1.54, 1.807) is 22.0 Å². The summed E-state index contributed by atoms with van der Waals surface area (Å²) in [5.74, 6) is 0.468. The summed E-state index contributed by atoms with van der Waals surface area (Å²) >= 11 is 12.4. The Morgan fingerprint density at radius 3 is 2.53 bits per heavy atom. The fourth-order valence-electron chi connectivity index (χ4n) is 5.74. The van der Waals surface area contributed by atoms with Crippen LogP contribution < -0.4 is 5.32 Å². The minimum atomic E-state index is -0.790. The number of benzene rings is 1. The Hall–Kier alpha value is -3.04. The lowest BCUT2D eigenvalue weighted by molar-refractivity contribution is -0.140. The summed E-state index contributed by atoms with van der Waals surface area (Å²) in [5.41, 5.74) is 2.65. The maximum Gasteiger partial charge on any atom is 0.245 e. The zero-order chi connectivity index (χ0) is 26.9. The molecule has 2 aliphatic carbocycles. The topological polar surface area (TPSA) is 110 Å². The molecule has 1 unspecified atom stereocenters. The van der Waals surface area contributed by atoms with Gasteiger partial charge >= 0.3 is 0 Å². The van der Waals surface area contributed by atoms with Crippen molar-refractivity contribution in [3.8, 4) is 11.1 Å². The number of hydrogen-bond donors (Lipinski definition) is 1. The van der Waals surface area contributed by atoms with Crippen molar-refractivity contribution < 1.29 is 14.4 Å². The third-order valence-corrected chi connectivity index (χ3v) is 8.90. The maximum atomic E-state index is 13.6. The summed E-state index contributed by atoms with van der Waals surface area (Å²) in [5, 5.41) is 8.20. The van der Waals surface area contributed by atoms with E-state index in [9.17, 15) is 14.4 Å². The summed E-state index contributed by atoms with van der Waals surface area (Å²) in [6.45, 7) is 5.11. The van der Waals surface area contributed by atoms with Crippen LogP contribution in [0, 0.1) is 18.8 Å². The number of amides is 2. The molecule has 3 fully saturated rings. The second-order valence-corrected chi connectivity index (χ2v) is 12.3. The first-order valence-electron chi connectivity index (χ1n) is 12.8. The van der Waals surface area contributed by atoms with Gasteiger partial charge < -0.3 is 10.2 Å². The molecule has 0 bridgehead atoms. The van der Waals surface area contributed by atoms with E-state index in [4.69, 9.17) is 23.2 Å². The molecule has 11 heteroatoms. The van der Waals surface area contributed by atoms with E-state index in [1.165, 1.54) is 6.92 Å². The molecule has 0 spiro atoms. The van der Waals surface area contributed by atoms with Gasteiger partial charge in [0.2, 0.25) is 11.8 Å². The Morgan fingerprint density at radius 2 is 1.87 bits per heavy atom. The fraction of sp³-hybridized carbons (Fsp3) is 0.481. The number of alkyl halides is 2. The van der Waals surface area contributed by atoms with E-state index < -0.39 is 10.4 Å². The number of likely N-dealkylation sites (tertiary alicyclic amines) is 1. The lowest BCUT2D eigenvalue weighted by atomic mass is 10.0. The number of nitrogens with zero attached hydrogens (tertiary/aromatic N) is 5. The van der Waals surface area contributed by atoms with Gasteiger partial charge in [0.1, 0.15) is 28.4 Å². The van der Waals surface area contributed by atoms with Crippen LogP contribution in [-0.2, 0) is 16.1 Å². The van der Waals surface area contributed by atoms with Gasteiger partial charge in [-0.1, -0.05) is 6.07 Å². The third-order valence-electron chi connectivity index (χ3n) is 8.03. The average Bonchev–Trinajstić information content (AvgIpc) is 3.68. The van der Waals surface area contributed by atoms with Crippen LogP contribution in [0.1, 0.15) is 49.4 Å². The molecule has 3 aromatic rings. The first-order chi connectivity index (χ1) is 18.0. The minimum absolute atomic E-state index is 0.00618. The smallest absolute Gasteiger partial charge is 0.245 e. The van der Waals surface area contributed by atoms with E-state index in [-0.39, 0.29) is 42.1 Å². The van der Waals surface area contributed by atoms with Crippen molar-refractivity contribution in [1.82, 2.24) is 30.0 Å². The Labute approximate surface area is 229 Å². The Kier molecular flexibility index (Phi) is 5.99. The molecule has 0 radical (unpaired) electrons. The molecule has 3 aliphatic rings. The quantitative estimate of drug-likeness (QED) is 0.352. The number of aryl methyl sites for hydroxylation is 1. The molecule has 1 aromatic carbocycles. The Bertz CT molecular complexity index is 1470. The zero-order valence-electron chi connectivity index (χ0n) is 21.3. The summed E-state index contributed by atoms with van der Waals surface area (Å²) in [6, 6.07) is 5.00. The number of aromatic nitrogens is 4. The van der Waals surface area contributed by atoms with Gasteiger partial charge in [-0.2, -0.15) is 5.10 Å². The molecule has 1 N–H and O–H groups in total. The molecule has 198 valence electrons. The molecular weight excluding hydrogens is 527 g/mol. The predicted octanol–water partition coefficient (Wildman–Crippen LogP) is 3.69. The van der Waals surface area contributed by atoms with Gasteiger partial charge in [0.05, 0.1) is 5.52 Å². The molecule has 3 heterocycles. The average molecular weight is 555 g/mol. The van der Waals surface area contributed by atoms with Crippen molar-refractivity contribution in [3.63, 3.8) is 0 Å². The number of halogens is 2. The molecule has 1 saturated heterocycles. The molecule has 6 rings (SSSR count). The van der Waals surface area contributed by atoms with E-state index in [0.717, 1.165) is 17.5 Å². The fourth-order valence-corrected chi connectivity index (χ4v) is 6.45. The van der Waals surface area contributed by atoms with Crippen LogP contribution in [0.25, 0.3) is 22.0 Å². The first-order valence-corrected chi connectivity index (χ1v) is 13.6. The number of Topliss-reactive ketones (excluding diaryl/α,β-unsaturated/α-hetero) is 1. The molecule has 2 aromatic heterocycles. The van der Waals surface area contributed by atoms with Crippen LogP contribution in [0.2, 0.25) is 0 Å². The minimum Gasteiger partial charge on any atom is -0.351 e. The highest BCUT2D eigenvalue weighted by Gasteiger charge is 2.58. The van der Waals surface area contributed by atoms with Crippen molar-refractivity contribution in [2.45, 2.75) is 69.0 Å². The summed E-state index contributed by atoms with van der Waals surface area (Å²) in [7, 11) is 0. The van der Waals surface area contributed by atoms with E-state index in [0.29, 0.717) is 41.2 Å². The number of carbonyl (C=O) groups excluding carboxylic acids is 3. The second kappa shape index (κ2) is 9.02. The van der Waals surface area contributed by atoms with Gasteiger partial charge in [0.15, 0.2) is 5.78 Å². The van der Waals surface area contributed by atoms with Crippen molar-refractivity contribution in [2.24, 2.45) is 11.8 Å². The Morgan fingerprint density at radius 1 is 1.16 bits per heavy atom. The normalized spacial score (nSPS) is 25.7. The first kappa shape index (κ1) is 25.2. The molecule has 1 aliphatic heterocycles. The predicted molar refractivity (Wildman–Crippen MR) is 143 cm³/mol. The molecule has 5 atom stereocenters. The second-order valence-electron chi connectivity index (χ2n) is 10.8. The highest BCUT2D eigenvalue weighted by molar-refractivity contribution is 6.51. The van der Waals surface area contributed by atoms with E-state index >= 15 is 0 Å². The van der Waals surface area contributed by atoms with Crippen LogP contribution in [0.4, 0.5) is 0 Å². The number of carbonyl (C=O) groups is 3. The number of piperidine rings is 1. The van der Waals surface area contributed by atoms with E-state index in [1.807, 2.05) is 32.0 Å². The molecule has 2 saturated carbocycles. The van der Waals surface area contributed by atoms with Crippen LogP contribution in [0.5, 0.6) is 0 Å². The monoisotopic (exact) mass is 554 g/mol. The van der Waals surface area contributed by atoms with Crippen LogP contribution >= 0.6 is 23.2 Å². The number of ketones is 1. The Balaban J connectivity index is 1.24.